The molecule has 0 aliphatic carbocycles. The number of halogens is 3. The fourth-order valence-corrected chi connectivity index (χ4v) is 7.14. The van der Waals surface area contributed by atoms with Crippen LogP contribution < -0.4 is 5.69 Å². The molecular weight excluding hydrogens is 526 g/mol. The maximum Gasteiger partial charge on any atom is 0.329 e. The van der Waals surface area contributed by atoms with E-state index in [9.17, 15) is 26.8 Å². The number of carbonyl (C=O) groups excluding carboxylic acids is 1. The molecule has 2 aliphatic heterocycles. The lowest BCUT2D eigenvalue weighted by Crippen LogP contribution is -2.38. The van der Waals surface area contributed by atoms with Crippen molar-refractivity contribution in [3.8, 4) is 0 Å². The lowest BCUT2D eigenvalue weighted by Gasteiger charge is -2.32. The number of aromatic nitrogens is 2. The SMILES string of the molecule is O=C1c2cc(Cl)ccc2S(=O)(=O)N1CCCCN1CCC(n2c(=O)n(CCF)c3cc(F)ccc32)CC1. The minimum absolute atomic E-state index is 0.00479. The number of alkyl halides is 1. The van der Waals surface area contributed by atoms with Gasteiger partial charge in [-0.05, 0) is 68.6 Å². The van der Waals surface area contributed by atoms with Crippen LogP contribution in [0.1, 0.15) is 42.1 Å². The number of aryl methyl sites for hydroxylation is 1. The number of rotatable bonds is 8. The molecule has 0 N–H and O–H groups in total. The molecule has 0 bridgehead atoms. The average Bonchev–Trinajstić information content (AvgIpc) is 3.24. The number of piperidine rings is 1. The lowest BCUT2D eigenvalue weighted by atomic mass is 10.0. The molecule has 0 saturated carbocycles. The van der Waals surface area contributed by atoms with Gasteiger partial charge in [-0.15, -0.1) is 0 Å². The van der Waals surface area contributed by atoms with Gasteiger partial charge in [0.25, 0.3) is 15.9 Å². The number of fused-ring (bicyclic) bond motifs is 2. The third-order valence-corrected chi connectivity index (χ3v) is 9.28. The van der Waals surface area contributed by atoms with Gasteiger partial charge in [-0.3, -0.25) is 13.9 Å². The first-order valence-electron chi connectivity index (χ1n) is 12.3. The van der Waals surface area contributed by atoms with Crippen LogP contribution in [-0.2, 0) is 16.6 Å². The van der Waals surface area contributed by atoms with Gasteiger partial charge in [-0.25, -0.2) is 26.3 Å². The molecule has 5 rings (SSSR count). The maximum atomic E-state index is 13.8. The number of carbonyl (C=O) groups is 1. The highest BCUT2D eigenvalue weighted by molar-refractivity contribution is 7.90. The summed E-state index contributed by atoms with van der Waals surface area (Å²) < 4.78 is 56.2. The molecule has 2 aromatic carbocycles. The first kappa shape index (κ1) is 25.9. The van der Waals surface area contributed by atoms with Crippen molar-refractivity contribution in [1.82, 2.24) is 18.3 Å². The summed E-state index contributed by atoms with van der Waals surface area (Å²) in [6, 6.07) is 8.30. The standard InChI is InChI=1S/C25H27ClF2N4O4S/c26-17-3-6-23-20(15-17)24(33)31(37(23,35)36)11-2-1-10-29-12-7-19(8-13-29)32-21-5-4-18(28)16-22(21)30(14-9-27)25(32)34/h3-6,15-16,19H,1-2,7-14H2. The number of benzene rings is 2. The predicted molar refractivity (Wildman–Crippen MR) is 136 cm³/mol. The van der Waals surface area contributed by atoms with Crippen molar-refractivity contribution in [3.05, 3.63) is 63.3 Å². The van der Waals surface area contributed by atoms with Crippen LogP contribution in [0.5, 0.6) is 0 Å². The van der Waals surface area contributed by atoms with Crippen molar-refractivity contribution < 1.29 is 22.0 Å². The molecule has 8 nitrogen and oxygen atoms in total. The van der Waals surface area contributed by atoms with Crippen molar-refractivity contribution in [3.63, 3.8) is 0 Å². The predicted octanol–water partition coefficient (Wildman–Crippen LogP) is 3.83. The number of likely N-dealkylation sites (tertiary alicyclic amines) is 1. The van der Waals surface area contributed by atoms with Gasteiger partial charge in [-0.1, -0.05) is 11.6 Å². The van der Waals surface area contributed by atoms with E-state index in [0.717, 1.165) is 23.9 Å². The van der Waals surface area contributed by atoms with Crippen LogP contribution in [0.15, 0.2) is 46.1 Å². The summed E-state index contributed by atoms with van der Waals surface area (Å²) in [6.07, 6.45) is 2.65. The number of hydrogen-bond acceptors (Lipinski definition) is 5. The lowest BCUT2D eigenvalue weighted by molar-refractivity contribution is 0.0868. The average molecular weight is 553 g/mol. The van der Waals surface area contributed by atoms with E-state index in [1.165, 1.54) is 34.9 Å². The Labute approximate surface area is 218 Å². The van der Waals surface area contributed by atoms with Crippen LogP contribution in [0.4, 0.5) is 8.78 Å². The molecule has 0 unspecified atom stereocenters. The smallest absolute Gasteiger partial charge is 0.303 e. The van der Waals surface area contributed by atoms with Crippen LogP contribution in [0, 0.1) is 5.82 Å². The molecule has 1 amide bonds. The minimum Gasteiger partial charge on any atom is -0.303 e. The van der Waals surface area contributed by atoms with E-state index in [0.29, 0.717) is 41.7 Å². The second kappa shape index (κ2) is 10.2. The molecule has 3 heterocycles. The van der Waals surface area contributed by atoms with Crippen LogP contribution in [0.2, 0.25) is 5.02 Å². The monoisotopic (exact) mass is 552 g/mol. The molecule has 0 spiro atoms. The van der Waals surface area contributed by atoms with Gasteiger partial charge in [-0.2, -0.15) is 0 Å². The first-order valence-corrected chi connectivity index (χ1v) is 14.1. The molecule has 198 valence electrons. The molecule has 1 fully saturated rings. The van der Waals surface area contributed by atoms with Gasteiger partial charge >= 0.3 is 5.69 Å². The van der Waals surface area contributed by atoms with Gasteiger partial charge in [0.15, 0.2) is 0 Å². The van der Waals surface area contributed by atoms with E-state index in [4.69, 9.17) is 11.6 Å². The van der Waals surface area contributed by atoms with E-state index < -0.39 is 28.4 Å². The Morgan fingerprint density at radius 2 is 1.68 bits per heavy atom. The molecule has 3 aromatic rings. The zero-order valence-corrected chi connectivity index (χ0v) is 21.6. The molecule has 37 heavy (non-hydrogen) atoms. The number of imidazole rings is 1. The van der Waals surface area contributed by atoms with Crippen molar-refractivity contribution >= 4 is 38.6 Å². The van der Waals surface area contributed by atoms with E-state index in [1.54, 1.807) is 10.6 Å². The zero-order chi connectivity index (χ0) is 26.3. The molecule has 2 aliphatic rings. The van der Waals surface area contributed by atoms with Crippen LogP contribution in [0.3, 0.4) is 0 Å². The molecule has 12 heteroatoms. The van der Waals surface area contributed by atoms with Crippen LogP contribution in [0.25, 0.3) is 11.0 Å². The third-order valence-electron chi connectivity index (χ3n) is 7.21. The number of hydrogen-bond donors (Lipinski definition) is 0. The first-order chi connectivity index (χ1) is 17.7. The highest BCUT2D eigenvalue weighted by atomic mass is 35.5. The van der Waals surface area contributed by atoms with Crippen molar-refractivity contribution in [2.45, 2.75) is 43.2 Å². The molecule has 1 saturated heterocycles. The number of unbranched alkanes of at least 4 members (excludes halogenated alkanes) is 1. The van der Waals surface area contributed by atoms with E-state index in [2.05, 4.69) is 4.90 Å². The third kappa shape index (κ3) is 4.68. The second-order valence-electron chi connectivity index (χ2n) is 9.43. The highest BCUT2D eigenvalue weighted by Gasteiger charge is 2.40. The van der Waals surface area contributed by atoms with Gasteiger partial charge in [0.1, 0.15) is 17.4 Å². The van der Waals surface area contributed by atoms with Gasteiger partial charge < -0.3 is 4.90 Å². The summed E-state index contributed by atoms with van der Waals surface area (Å²) in [4.78, 5) is 27.9. The zero-order valence-electron chi connectivity index (χ0n) is 20.1. The van der Waals surface area contributed by atoms with Crippen molar-refractivity contribution in [2.24, 2.45) is 0 Å². The Kier molecular flexibility index (Phi) is 7.12. The highest BCUT2D eigenvalue weighted by Crippen LogP contribution is 2.32. The summed E-state index contributed by atoms with van der Waals surface area (Å²) in [5.41, 5.74) is 0.800. The normalized spacial score (nSPS) is 18.1. The summed E-state index contributed by atoms with van der Waals surface area (Å²) in [7, 11) is -3.85. The second-order valence-corrected chi connectivity index (χ2v) is 11.7. The largest absolute Gasteiger partial charge is 0.329 e. The minimum atomic E-state index is -3.85. The Hall–Kier alpha value is -2.76. The Bertz CT molecular complexity index is 1510. The molecule has 1 aromatic heterocycles. The number of sulfonamides is 1. The fourth-order valence-electron chi connectivity index (χ4n) is 5.38. The van der Waals surface area contributed by atoms with E-state index in [1.807, 2.05) is 0 Å². The number of nitrogens with zero attached hydrogens (tertiary/aromatic N) is 4. The summed E-state index contributed by atoms with van der Waals surface area (Å²) in [5.74, 6) is -1.02. The van der Waals surface area contributed by atoms with Crippen molar-refractivity contribution in [2.75, 3.05) is 32.9 Å². The quantitative estimate of drug-likeness (QED) is 0.397. The maximum absolute atomic E-state index is 13.8. The van der Waals surface area contributed by atoms with Gasteiger partial charge in [0.2, 0.25) is 0 Å². The van der Waals surface area contributed by atoms with Gasteiger partial charge in [0.05, 0.1) is 23.1 Å². The van der Waals surface area contributed by atoms with E-state index in [-0.39, 0.29) is 35.3 Å². The van der Waals surface area contributed by atoms with Crippen LogP contribution in [-0.4, -0.2) is 65.5 Å². The Morgan fingerprint density at radius 3 is 2.41 bits per heavy atom. The van der Waals surface area contributed by atoms with Crippen molar-refractivity contribution in [1.29, 1.82) is 0 Å². The Morgan fingerprint density at radius 1 is 0.946 bits per heavy atom. The molecule has 0 radical (unpaired) electrons. The van der Waals surface area contributed by atoms with Crippen LogP contribution >= 0.6 is 11.6 Å². The Balaban J connectivity index is 1.17. The summed E-state index contributed by atoms with van der Waals surface area (Å²) >= 11 is 5.93. The fraction of sp³-hybridized carbons (Fsp3) is 0.440. The summed E-state index contributed by atoms with van der Waals surface area (Å²) in [6.45, 7) is 1.48. The van der Waals surface area contributed by atoms with E-state index >= 15 is 0 Å². The summed E-state index contributed by atoms with van der Waals surface area (Å²) in [5, 5.41) is 0.314. The topological polar surface area (TPSA) is 84.6 Å². The molecular formula is C25H27ClF2N4O4S. The molecule has 0 atom stereocenters. The number of amides is 1. The van der Waals surface area contributed by atoms with Gasteiger partial charge in [0, 0.05) is 30.7 Å².